The van der Waals surface area contributed by atoms with Crippen LogP contribution in [0.4, 0.5) is 0 Å². The minimum Gasteiger partial charge on any atom is -0.494 e. The molecule has 1 aromatic rings. The predicted molar refractivity (Wildman–Crippen MR) is 75.2 cm³/mol. The Hall–Kier alpha value is -1.40. The number of nitrogens with zero attached hydrogens (tertiary/aromatic N) is 1. The summed E-state index contributed by atoms with van der Waals surface area (Å²) in [5.74, 6) is 0.636. The molecule has 0 N–H and O–H groups in total. The molecule has 1 saturated heterocycles. The summed E-state index contributed by atoms with van der Waals surface area (Å²) in [5.41, 5.74) is 0. The van der Waals surface area contributed by atoms with Crippen molar-refractivity contribution in [1.29, 1.82) is 0 Å². The Bertz CT molecular complexity index is 553. The van der Waals surface area contributed by atoms with Crippen LogP contribution < -0.4 is 4.74 Å². The third-order valence-corrected chi connectivity index (χ3v) is 5.34. The fourth-order valence-corrected chi connectivity index (χ4v) is 4.01. The molecule has 0 aliphatic carbocycles. The van der Waals surface area contributed by atoms with Gasteiger partial charge >= 0.3 is 0 Å². The second kappa shape index (κ2) is 6.37. The monoisotopic (exact) mass is 297 g/mol. The second-order valence-electron chi connectivity index (χ2n) is 4.72. The van der Waals surface area contributed by atoms with Gasteiger partial charge in [-0.05, 0) is 44.0 Å². The van der Waals surface area contributed by atoms with Crippen molar-refractivity contribution in [3.63, 3.8) is 0 Å². The summed E-state index contributed by atoms with van der Waals surface area (Å²) in [4.78, 5) is 11.3. The average molecular weight is 297 g/mol. The Kier molecular flexibility index (Phi) is 4.77. The Labute approximate surface area is 119 Å². The van der Waals surface area contributed by atoms with Crippen LogP contribution >= 0.6 is 0 Å². The lowest BCUT2D eigenvalue weighted by molar-refractivity contribution is -0.111. The first kappa shape index (κ1) is 15.0. The lowest BCUT2D eigenvalue weighted by Crippen LogP contribution is -2.44. The molecule has 20 heavy (non-hydrogen) atoms. The first-order valence-electron chi connectivity index (χ1n) is 6.79. The summed E-state index contributed by atoms with van der Waals surface area (Å²) >= 11 is 0. The maximum Gasteiger partial charge on any atom is 0.243 e. The lowest BCUT2D eigenvalue weighted by Gasteiger charge is -2.31. The van der Waals surface area contributed by atoms with E-state index in [2.05, 4.69) is 0 Å². The van der Waals surface area contributed by atoms with Crippen molar-refractivity contribution < 1.29 is 17.9 Å². The van der Waals surface area contributed by atoms with Crippen LogP contribution in [0.1, 0.15) is 26.2 Å². The maximum absolute atomic E-state index is 12.6. The molecule has 0 bridgehead atoms. The van der Waals surface area contributed by atoms with Crippen molar-refractivity contribution in [2.75, 3.05) is 13.2 Å². The molecule has 5 nitrogen and oxygen atoms in total. The summed E-state index contributed by atoms with van der Waals surface area (Å²) in [6, 6.07) is 5.78. The molecular weight excluding hydrogens is 278 g/mol. The van der Waals surface area contributed by atoms with Gasteiger partial charge in [-0.2, -0.15) is 4.31 Å². The van der Waals surface area contributed by atoms with Crippen LogP contribution in [0.2, 0.25) is 0 Å². The number of hydrogen-bond donors (Lipinski definition) is 0. The fraction of sp³-hybridized carbons (Fsp3) is 0.500. The van der Waals surface area contributed by atoms with Crippen LogP contribution in [-0.2, 0) is 14.8 Å². The SMILES string of the molecule is CCOc1ccc(S(=O)(=O)N2CCCCC2C=O)cc1. The standard InChI is InChI=1S/C14H19NO4S/c1-2-19-13-6-8-14(9-7-13)20(17,18)15-10-4-3-5-12(15)11-16/h6-9,11-12H,2-5,10H2,1H3. The summed E-state index contributed by atoms with van der Waals surface area (Å²) in [7, 11) is -3.61. The van der Waals surface area contributed by atoms with Crippen molar-refractivity contribution in [2.24, 2.45) is 0 Å². The van der Waals surface area contributed by atoms with Crippen LogP contribution in [-0.4, -0.2) is 38.2 Å². The van der Waals surface area contributed by atoms with Gasteiger partial charge in [0.25, 0.3) is 0 Å². The predicted octanol–water partition coefficient (Wildman–Crippen LogP) is 1.83. The molecule has 110 valence electrons. The van der Waals surface area contributed by atoms with E-state index >= 15 is 0 Å². The second-order valence-corrected chi connectivity index (χ2v) is 6.61. The third kappa shape index (κ3) is 3.02. The molecule has 1 heterocycles. The van der Waals surface area contributed by atoms with E-state index in [-0.39, 0.29) is 4.90 Å². The van der Waals surface area contributed by atoms with Crippen molar-refractivity contribution in [2.45, 2.75) is 37.1 Å². The zero-order valence-corrected chi connectivity index (χ0v) is 12.3. The van der Waals surface area contributed by atoms with Gasteiger partial charge < -0.3 is 9.53 Å². The van der Waals surface area contributed by atoms with E-state index in [1.165, 1.54) is 16.4 Å². The molecule has 0 amide bonds. The van der Waals surface area contributed by atoms with Gasteiger partial charge in [-0.15, -0.1) is 0 Å². The topological polar surface area (TPSA) is 63.7 Å². The number of hydrogen-bond acceptors (Lipinski definition) is 4. The van der Waals surface area contributed by atoms with Gasteiger partial charge in [0.1, 0.15) is 12.0 Å². The molecule has 1 aliphatic rings. The molecule has 1 aromatic carbocycles. The van der Waals surface area contributed by atoms with E-state index in [1.54, 1.807) is 12.1 Å². The quantitative estimate of drug-likeness (QED) is 0.778. The zero-order valence-electron chi connectivity index (χ0n) is 11.5. The van der Waals surface area contributed by atoms with E-state index in [1.807, 2.05) is 6.92 Å². The van der Waals surface area contributed by atoms with E-state index in [0.29, 0.717) is 25.3 Å². The van der Waals surface area contributed by atoms with Crippen molar-refractivity contribution >= 4 is 16.3 Å². The molecule has 1 unspecified atom stereocenters. The summed E-state index contributed by atoms with van der Waals surface area (Å²) in [6.07, 6.45) is 3.00. The van der Waals surface area contributed by atoms with Gasteiger partial charge in [0.2, 0.25) is 10.0 Å². The van der Waals surface area contributed by atoms with E-state index in [4.69, 9.17) is 4.74 Å². The summed E-state index contributed by atoms with van der Waals surface area (Å²) in [6.45, 7) is 2.80. The van der Waals surface area contributed by atoms with Crippen LogP contribution in [0.3, 0.4) is 0 Å². The smallest absolute Gasteiger partial charge is 0.243 e. The number of carbonyl (C=O) groups is 1. The Morgan fingerprint density at radius 3 is 2.60 bits per heavy atom. The highest BCUT2D eigenvalue weighted by atomic mass is 32.2. The van der Waals surface area contributed by atoms with E-state index in [9.17, 15) is 13.2 Å². The lowest BCUT2D eigenvalue weighted by atomic mass is 10.1. The molecular formula is C14H19NO4S. The number of carbonyl (C=O) groups excluding carboxylic acids is 1. The van der Waals surface area contributed by atoms with Crippen molar-refractivity contribution in [1.82, 2.24) is 4.31 Å². The summed E-state index contributed by atoms with van der Waals surface area (Å²) < 4.78 is 31.7. The van der Waals surface area contributed by atoms with Crippen LogP contribution in [0.5, 0.6) is 5.75 Å². The number of sulfonamides is 1. The highest BCUT2D eigenvalue weighted by Gasteiger charge is 2.33. The number of benzene rings is 1. The first-order chi connectivity index (χ1) is 9.59. The molecule has 0 aromatic heterocycles. The highest BCUT2D eigenvalue weighted by Crippen LogP contribution is 2.25. The Balaban J connectivity index is 2.26. The van der Waals surface area contributed by atoms with Gasteiger partial charge in [-0.25, -0.2) is 8.42 Å². The van der Waals surface area contributed by atoms with Crippen LogP contribution in [0, 0.1) is 0 Å². The van der Waals surface area contributed by atoms with Gasteiger partial charge in [0.15, 0.2) is 0 Å². The van der Waals surface area contributed by atoms with Crippen LogP contribution in [0.25, 0.3) is 0 Å². The van der Waals surface area contributed by atoms with Crippen molar-refractivity contribution in [3.8, 4) is 5.75 Å². The largest absolute Gasteiger partial charge is 0.494 e. The van der Waals surface area contributed by atoms with E-state index in [0.717, 1.165) is 19.1 Å². The number of aldehydes is 1. The fourth-order valence-electron chi connectivity index (χ4n) is 2.38. The highest BCUT2D eigenvalue weighted by molar-refractivity contribution is 7.89. The number of rotatable bonds is 5. The normalized spacial score (nSPS) is 20.6. The zero-order chi connectivity index (χ0) is 14.6. The molecule has 6 heteroatoms. The molecule has 1 atom stereocenters. The third-order valence-electron chi connectivity index (χ3n) is 3.40. The molecule has 1 aliphatic heterocycles. The average Bonchev–Trinajstić information content (AvgIpc) is 2.48. The molecule has 2 rings (SSSR count). The molecule has 0 radical (unpaired) electrons. The number of piperidine rings is 1. The first-order valence-corrected chi connectivity index (χ1v) is 8.23. The Morgan fingerprint density at radius 1 is 1.30 bits per heavy atom. The Morgan fingerprint density at radius 2 is 2.00 bits per heavy atom. The van der Waals surface area contributed by atoms with Gasteiger partial charge in [-0.1, -0.05) is 6.42 Å². The molecule has 0 saturated carbocycles. The van der Waals surface area contributed by atoms with Crippen LogP contribution in [0.15, 0.2) is 29.2 Å². The van der Waals surface area contributed by atoms with Gasteiger partial charge in [0.05, 0.1) is 17.5 Å². The van der Waals surface area contributed by atoms with Gasteiger partial charge in [0, 0.05) is 6.54 Å². The minimum atomic E-state index is -3.61. The minimum absolute atomic E-state index is 0.203. The van der Waals surface area contributed by atoms with Gasteiger partial charge in [-0.3, -0.25) is 0 Å². The number of ether oxygens (including phenoxy) is 1. The maximum atomic E-state index is 12.6. The molecule has 0 spiro atoms. The van der Waals surface area contributed by atoms with Crippen molar-refractivity contribution in [3.05, 3.63) is 24.3 Å². The van der Waals surface area contributed by atoms with E-state index < -0.39 is 16.1 Å². The molecule has 1 fully saturated rings. The summed E-state index contributed by atoms with van der Waals surface area (Å²) in [5, 5.41) is 0.